The van der Waals surface area contributed by atoms with Crippen molar-refractivity contribution in [2.24, 2.45) is 0 Å². The average molecular weight is 372 g/mol. The van der Waals surface area contributed by atoms with Crippen LogP contribution < -0.4 is 0 Å². The van der Waals surface area contributed by atoms with E-state index in [9.17, 15) is 19.4 Å². The van der Waals surface area contributed by atoms with Crippen molar-refractivity contribution in [3.05, 3.63) is 64.5 Å². The van der Waals surface area contributed by atoms with Crippen molar-refractivity contribution in [3.63, 3.8) is 0 Å². The van der Waals surface area contributed by atoms with Gasteiger partial charge in [0.05, 0.1) is 18.6 Å². The van der Waals surface area contributed by atoms with Crippen molar-refractivity contribution in [2.75, 3.05) is 0 Å². The van der Waals surface area contributed by atoms with Crippen LogP contribution in [0.3, 0.4) is 0 Å². The van der Waals surface area contributed by atoms with Crippen molar-refractivity contribution in [3.8, 4) is 11.1 Å². The zero-order valence-corrected chi connectivity index (χ0v) is 15.7. The van der Waals surface area contributed by atoms with Gasteiger partial charge in [0.2, 0.25) is 0 Å². The molecule has 0 aliphatic rings. The molecule has 144 valence electrons. The molecule has 0 amide bonds. The van der Waals surface area contributed by atoms with Gasteiger partial charge in [0.15, 0.2) is 0 Å². The molecular formula is C22H25FO4. The summed E-state index contributed by atoms with van der Waals surface area (Å²) in [5.41, 5.74) is 5.31. The van der Waals surface area contributed by atoms with Crippen LogP contribution in [0.25, 0.3) is 17.2 Å². The van der Waals surface area contributed by atoms with E-state index in [1.807, 2.05) is 26.0 Å². The minimum absolute atomic E-state index is 0.0568. The van der Waals surface area contributed by atoms with Crippen LogP contribution in [0, 0.1) is 26.6 Å². The van der Waals surface area contributed by atoms with E-state index >= 15 is 0 Å². The summed E-state index contributed by atoms with van der Waals surface area (Å²) >= 11 is 0. The van der Waals surface area contributed by atoms with Gasteiger partial charge in [0.25, 0.3) is 0 Å². The first-order chi connectivity index (χ1) is 12.7. The third kappa shape index (κ3) is 5.74. The number of rotatable bonds is 7. The Labute approximate surface area is 158 Å². The highest BCUT2D eigenvalue weighted by Gasteiger charge is 2.14. The molecular weight excluding hydrogens is 347 g/mol. The van der Waals surface area contributed by atoms with E-state index in [2.05, 4.69) is 0 Å². The second-order valence-corrected chi connectivity index (χ2v) is 6.92. The van der Waals surface area contributed by atoms with E-state index in [-0.39, 0.29) is 12.2 Å². The van der Waals surface area contributed by atoms with Crippen LogP contribution >= 0.6 is 0 Å². The molecule has 0 heterocycles. The third-order valence-corrected chi connectivity index (χ3v) is 4.41. The predicted octanol–water partition coefficient (Wildman–Crippen LogP) is 4.02. The van der Waals surface area contributed by atoms with Gasteiger partial charge < -0.3 is 15.3 Å². The fraction of sp³-hybridized carbons (Fsp3) is 0.318. The first-order valence-electron chi connectivity index (χ1n) is 8.81. The lowest BCUT2D eigenvalue weighted by Crippen LogP contribution is -2.19. The lowest BCUT2D eigenvalue weighted by Gasteiger charge is -2.14. The molecule has 2 atom stereocenters. The lowest BCUT2D eigenvalue weighted by molar-refractivity contribution is -0.139. The normalized spacial score (nSPS) is 13.7. The highest BCUT2D eigenvalue weighted by molar-refractivity contribution is 5.78. The number of carboxylic acids is 1. The van der Waals surface area contributed by atoms with Gasteiger partial charge >= 0.3 is 5.97 Å². The molecule has 0 bridgehead atoms. The van der Waals surface area contributed by atoms with Crippen molar-refractivity contribution < 1.29 is 24.5 Å². The summed E-state index contributed by atoms with van der Waals surface area (Å²) < 4.78 is 13.6. The zero-order chi connectivity index (χ0) is 20.1. The summed E-state index contributed by atoms with van der Waals surface area (Å²) in [6, 6.07) is 8.97. The van der Waals surface area contributed by atoms with Gasteiger partial charge in [-0.2, -0.15) is 0 Å². The maximum Gasteiger partial charge on any atom is 0.305 e. The molecule has 0 aromatic heterocycles. The Bertz CT molecular complexity index is 858. The smallest absolute Gasteiger partial charge is 0.305 e. The van der Waals surface area contributed by atoms with Gasteiger partial charge in [0.1, 0.15) is 5.82 Å². The molecule has 2 aromatic carbocycles. The van der Waals surface area contributed by atoms with Crippen molar-refractivity contribution in [1.82, 2.24) is 0 Å². The Hall–Kier alpha value is -2.50. The number of benzene rings is 2. The van der Waals surface area contributed by atoms with E-state index in [0.717, 1.165) is 27.8 Å². The Balaban J connectivity index is 2.33. The van der Waals surface area contributed by atoms with E-state index in [0.29, 0.717) is 5.56 Å². The standard InChI is InChI=1S/C22H25FO4/c1-13-8-14(2)19(6-5-17(24)11-18(25)12-22(26)27)20(9-13)16-4-7-21(23)15(3)10-16/h4-10,17-18,24-25H,11-12H2,1-3H3,(H,26,27)/b6-5+. The molecule has 0 saturated carbocycles. The van der Waals surface area contributed by atoms with E-state index in [1.165, 1.54) is 6.07 Å². The first kappa shape index (κ1) is 20.8. The highest BCUT2D eigenvalue weighted by atomic mass is 19.1. The van der Waals surface area contributed by atoms with Gasteiger partial charge in [-0.05, 0) is 60.7 Å². The number of aryl methyl sites for hydroxylation is 3. The van der Waals surface area contributed by atoms with Gasteiger partial charge in [-0.3, -0.25) is 4.79 Å². The van der Waals surface area contributed by atoms with Gasteiger partial charge in [0, 0.05) is 6.42 Å². The Morgan fingerprint density at radius 1 is 1.11 bits per heavy atom. The zero-order valence-electron chi connectivity index (χ0n) is 15.7. The molecule has 4 nitrogen and oxygen atoms in total. The SMILES string of the molecule is Cc1cc(C)c(/C=C/C(O)CC(O)CC(=O)O)c(-c2ccc(F)c(C)c2)c1. The number of carboxylic acid groups (broad SMARTS) is 1. The summed E-state index contributed by atoms with van der Waals surface area (Å²) in [6.07, 6.45) is 0.764. The Kier molecular flexibility index (Phi) is 6.88. The number of hydrogen-bond acceptors (Lipinski definition) is 3. The lowest BCUT2D eigenvalue weighted by atomic mass is 9.92. The summed E-state index contributed by atoms with van der Waals surface area (Å²) in [5, 5.41) is 28.4. The van der Waals surface area contributed by atoms with Crippen LogP contribution in [0.5, 0.6) is 0 Å². The molecule has 0 aliphatic carbocycles. The summed E-state index contributed by atoms with van der Waals surface area (Å²) in [4.78, 5) is 10.6. The third-order valence-electron chi connectivity index (χ3n) is 4.41. The van der Waals surface area contributed by atoms with Gasteiger partial charge in [-0.25, -0.2) is 4.39 Å². The minimum atomic E-state index is -1.11. The van der Waals surface area contributed by atoms with Crippen LogP contribution in [0.2, 0.25) is 0 Å². The second-order valence-electron chi connectivity index (χ2n) is 6.92. The summed E-state index contributed by atoms with van der Waals surface area (Å²) in [7, 11) is 0. The van der Waals surface area contributed by atoms with E-state index < -0.39 is 24.6 Å². The number of aliphatic hydroxyl groups is 2. The largest absolute Gasteiger partial charge is 0.481 e. The first-order valence-corrected chi connectivity index (χ1v) is 8.81. The molecule has 2 unspecified atom stereocenters. The van der Waals surface area contributed by atoms with Crippen LogP contribution in [-0.2, 0) is 4.79 Å². The predicted molar refractivity (Wildman–Crippen MR) is 104 cm³/mol. The number of hydrogen-bond donors (Lipinski definition) is 3. The number of aliphatic carboxylic acids is 1. The quantitative estimate of drug-likeness (QED) is 0.686. The van der Waals surface area contributed by atoms with E-state index in [4.69, 9.17) is 5.11 Å². The van der Waals surface area contributed by atoms with Crippen molar-refractivity contribution in [2.45, 2.75) is 45.8 Å². The molecule has 0 aliphatic heterocycles. The molecule has 0 fully saturated rings. The maximum absolute atomic E-state index is 13.6. The van der Waals surface area contributed by atoms with Crippen LogP contribution in [0.1, 0.15) is 35.1 Å². The summed E-state index contributed by atoms with van der Waals surface area (Å²) in [5.74, 6) is -1.37. The fourth-order valence-electron chi connectivity index (χ4n) is 3.10. The number of carbonyl (C=O) groups is 1. The monoisotopic (exact) mass is 372 g/mol. The molecule has 2 rings (SSSR count). The second kappa shape index (κ2) is 8.93. The number of halogens is 1. The van der Waals surface area contributed by atoms with Gasteiger partial charge in [-0.15, -0.1) is 0 Å². The maximum atomic E-state index is 13.6. The molecule has 27 heavy (non-hydrogen) atoms. The fourth-order valence-corrected chi connectivity index (χ4v) is 3.10. The Morgan fingerprint density at radius 3 is 2.44 bits per heavy atom. The minimum Gasteiger partial charge on any atom is -0.481 e. The average Bonchev–Trinajstić information content (AvgIpc) is 2.55. The van der Waals surface area contributed by atoms with Gasteiger partial charge in [-0.1, -0.05) is 35.9 Å². The topological polar surface area (TPSA) is 77.8 Å². The molecule has 2 aromatic rings. The van der Waals surface area contributed by atoms with Crippen LogP contribution in [0.4, 0.5) is 4.39 Å². The summed E-state index contributed by atoms with van der Waals surface area (Å²) in [6.45, 7) is 5.65. The van der Waals surface area contributed by atoms with Crippen molar-refractivity contribution >= 4 is 12.0 Å². The van der Waals surface area contributed by atoms with E-state index in [1.54, 1.807) is 31.2 Å². The van der Waals surface area contributed by atoms with Crippen LogP contribution in [-0.4, -0.2) is 33.5 Å². The molecule has 5 heteroatoms. The molecule has 0 radical (unpaired) electrons. The highest BCUT2D eigenvalue weighted by Crippen LogP contribution is 2.30. The Morgan fingerprint density at radius 2 is 1.81 bits per heavy atom. The van der Waals surface area contributed by atoms with Crippen LogP contribution in [0.15, 0.2) is 36.4 Å². The van der Waals surface area contributed by atoms with Crippen molar-refractivity contribution in [1.29, 1.82) is 0 Å². The number of aliphatic hydroxyl groups excluding tert-OH is 2. The molecule has 3 N–H and O–H groups in total. The molecule has 0 saturated heterocycles. The molecule has 0 spiro atoms.